The molecule has 1 aliphatic carbocycles. The molecule has 0 aliphatic heterocycles. The monoisotopic (exact) mass is 240 g/mol. The molecule has 1 fully saturated rings. The van der Waals surface area contributed by atoms with Crippen LogP contribution < -0.4 is 0 Å². The van der Waals surface area contributed by atoms with Gasteiger partial charge in [0.05, 0.1) is 0 Å². The molecule has 0 atom stereocenters. The van der Waals surface area contributed by atoms with Gasteiger partial charge in [-0.3, -0.25) is 4.79 Å². The van der Waals surface area contributed by atoms with Crippen molar-refractivity contribution in [1.29, 1.82) is 0 Å². The van der Waals surface area contributed by atoms with E-state index in [4.69, 9.17) is 21.5 Å². The fourth-order valence-corrected chi connectivity index (χ4v) is 2.30. The van der Waals surface area contributed by atoms with Gasteiger partial charge in [-0.15, -0.1) is 0 Å². The summed E-state index contributed by atoms with van der Waals surface area (Å²) in [7, 11) is 0. The molecular weight excluding hydrogens is 224 g/mol. The molecule has 0 spiro atoms. The summed E-state index contributed by atoms with van der Waals surface area (Å²) in [5, 5.41) is 7.74. The highest BCUT2D eigenvalue weighted by Crippen LogP contribution is 2.32. The van der Waals surface area contributed by atoms with Crippen LogP contribution in [0.2, 0.25) is 5.02 Å². The summed E-state index contributed by atoms with van der Waals surface area (Å²) in [6, 6.07) is 8.37. The Hall–Kier alpha value is -1.02. The van der Waals surface area contributed by atoms with Gasteiger partial charge >= 0.3 is 0 Å². The van der Waals surface area contributed by atoms with Crippen LogP contribution in [0.4, 0.5) is 0 Å². The van der Waals surface area contributed by atoms with Gasteiger partial charge < -0.3 is 5.11 Å². The molecule has 0 aromatic heterocycles. The number of hydrogen-bond acceptors (Lipinski definition) is 1. The molecule has 0 saturated heterocycles. The van der Waals surface area contributed by atoms with Crippen LogP contribution in [0.3, 0.4) is 0 Å². The molecule has 1 aromatic rings. The summed E-state index contributed by atoms with van der Waals surface area (Å²) in [6.45, 7) is -0.250. The number of benzene rings is 1. The van der Waals surface area contributed by atoms with Crippen molar-refractivity contribution in [3.8, 4) is 0 Å². The Labute approximate surface area is 101 Å². The Morgan fingerprint density at radius 3 is 2.12 bits per heavy atom. The highest BCUT2D eigenvalue weighted by atomic mass is 35.5. The number of carboxylic acid groups (broad SMARTS) is 1. The Bertz CT molecular complexity index is 302. The molecule has 1 aliphatic rings. The lowest BCUT2D eigenvalue weighted by molar-refractivity contribution is -0.122. The van der Waals surface area contributed by atoms with Gasteiger partial charge in [0.15, 0.2) is 0 Å². The van der Waals surface area contributed by atoms with Crippen LogP contribution in [0.25, 0.3) is 0 Å². The molecule has 0 radical (unpaired) electrons. The summed E-state index contributed by atoms with van der Waals surface area (Å²) in [5.74, 6) is 0.797. The third-order valence-electron chi connectivity index (χ3n) is 2.95. The van der Waals surface area contributed by atoms with E-state index in [-0.39, 0.29) is 6.47 Å². The Kier molecular flexibility index (Phi) is 5.94. The lowest BCUT2D eigenvalue weighted by Crippen LogP contribution is -2.03. The minimum Gasteiger partial charge on any atom is -0.483 e. The van der Waals surface area contributed by atoms with E-state index in [0.29, 0.717) is 0 Å². The smallest absolute Gasteiger partial charge is 0.290 e. The van der Waals surface area contributed by atoms with Crippen molar-refractivity contribution < 1.29 is 9.90 Å². The number of carbonyl (C=O) groups is 1. The molecule has 3 heteroatoms. The molecule has 2 rings (SSSR count). The molecule has 0 unspecified atom stereocenters. The molecule has 1 N–H and O–H groups in total. The van der Waals surface area contributed by atoms with E-state index in [1.165, 1.54) is 37.7 Å². The first-order chi connectivity index (χ1) is 7.77. The van der Waals surface area contributed by atoms with Crippen molar-refractivity contribution in [1.82, 2.24) is 0 Å². The standard InChI is InChI=1S/C12H15Cl.CH2O2/c13-12-8-6-11(7-9-12)10-4-2-1-3-5-10;2-1-3/h6-10H,1-5H2;1H,(H,2,3). The van der Waals surface area contributed by atoms with E-state index in [9.17, 15) is 0 Å². The van der Waals surface area contributed by atoms with Gasteiger partial charge in [-0.25, -0.2) is 0 Å². The van der Waals surface area contributed by atoms with Crippen LogP contribution >= 0.6 is 11.6 Å². The second-order valence-corrected chi connectivity index (χ2v) is 4.43. The zero-order valence-electron chi connectivity index (χ0n) is 9.23. The molecular formula is C13H17ClO2. The summed E-state index contributed by atoms with van der Waals surface area (Å²) < 4.78 is 0. The van der Waals surface area contributed by atoms with E-state index in [1.807, 2.05) is 12.1 Å². The van der Waals surface area contributed by atoms with E-state index in [2.05, 4.69) is 12.1 Å². The number of halogens is 1. The van der Waals surface area contributed by atoms with Crippen molar-refractivity contribution in [2.45, 2.75) is 38.0 Å². The van der Waals surface area contributed by atoms with Crippen molar-refractivity contribution in [3.63, 3.8) is 0 Å². The molecule has 2 nitrogen and oxygen atoms in total. The lowest BCUT2D eigenvalue weighted by atomic mass is 9.84. The van der Waals surface area contributed by atoms with Crippen LogP contribution in [0.5, 0.6) is 0 Å². The Balaban J connectivity index is 0.000000386. The van der Waals surface area contributed by atoms with Gasteiger partial charge in [0.2, 0.25) is 0 Å². The predicted octanol–water partition coefficient (Wildman–Crippen LogP) is 4.09. The van der Waals surface area contributed by atoms with Gasteiger partial charge in [0.25, 0.3) is 6.47 Å². The number of rotatable bonds is 1. The minimum atomic E-state index is -0.250. The average molecular weight is 241 g/mol. The largest absolute Gasteiger partial charge is 0.483 e. The zero-order chi connectivity index (χ0) is 11.8. The predicted molar refractivity (Wildman–Crippen MR) is 66.0 cm³/mol. The van der Waals surface area contributed by atoms with Gasteiger partial charge in [-0.2, -0.15) is 0 Å². The van der Waals surface area contributed by atoms with Crippen LogP contribution in [0.15, 0.2) is 24.3 Å². The van der Waals surface area contributed by atoms with Crippen molar-refractivity contribution in [3.05, 3.63) is 34.9 Å². The van der Waals surface area contributed by atoms with Crippen molar-refractivity contribution >= 4 is 18.1 Å². The van der Waals surface area contributed by atoms with Crippen molar-refractivity contribution in [2.75, 3.05) is 0 Å². The quantitative estimate of drug-likeness (QED) is 0.751. The molecule has 16 heavy (non-hydrogen) atoms. The highest BCUT2D eigenvalue weighted by Gasteiger charge is 2.14. The van der Waals surface area contributed by atoms with Gasteiger partial charge in [0, 0.05) is 5.02 Å². The van der Waals surface area contributed by atoms with E-state index < -0.39 is 0 Å². The summed E-state index contributed by atoms with van der Waals surface area (Å²) >= 11 is 5.85. The van der Waals surface area contributed by atoms with E-state index in [1.54, 1.807) is 0 Å². The summed E-state index contributed by atoms with van der Waals surface area (Å²) in [6.07, 6.45) is 6.94. The van der Waals surface area contributed by atoms with Crippen LogP contribution in [-0.2, 0) is 4.79 Å². The molecule has 1 aromatic carbocycles. The zero-order valence-corrected chi connectivity index (χ0v) is 9.99. The number of hydrogen-bond donors (Lipinski definition) is 1. The molecule has 88 valence electrons. The van der Waals surface area contributed by atoms with Gasteiger partial charge in [-0.05, 0) is 36.5 Å². The molecule has 0 amide bonds. The molecule has 0 heterocycles. The second-order valence-electron chi connectivity index (χ2n) is 3.99. The first kappa shape index (κ1) is 13.0. The third-order valence-corrected chi connectivity index (χ3v) is 3.20. The van der Waals surface area contributed by atoms with Crippen molar-refractivity contribution in [2.24, 2.45) is 0 Å². The van der Waals surface area contributed by atoms with Crippen LogP contribution in [0.1, 0.15) is 43.6 Å². The van der Waals surface area contributed by atoms with Gasteiger partial charge in [0.1, 0.15) is 0 Å². The summed E-state index contributed by atoms with van der Waals surface area (Å²) in [4.78, 5) is 8.36. The maximum atomic E-state index is 8.36. The third kappa shape index (κ3) is 4.23. The highest BCUT2D eigenvalue weighted by molar-refractivity contribution is 6.30. The molecule has 0 bridgehead atoms. The fourth-order valence-electron chi connectivity index (χ4n) is 2.17. The Morgan fingerprint density at radius 2 is 1.62 bits per heavy atom. The maximum absolute atomic E-state index is 8.36. The normalized spacial score (nSPS) is 16.1. The Morgan fingerprint density at radius 1 is 1.12 bits per heavy atom. The van der Waals surface area contributed by atoms with E-state index in [0.717, 1.165) is 10.9 Å². The maximum Gasteiger partial charge on any atom is 0.290 e. The minimum absolute atomic E-state index is 0.250. The van der Waals surface area contributed by atoms with Gasteiger partial charge in [-0.1, -0.05) is 43.0 Å². The lowest BCUT2D eigenvalue weighted by Gasteiger charge is -2.21. The topological polar surface area (TPSA) is 37.3 Å². The van der Waals surface area contributed by atoms with Crippen LogP contribution in [-0.4, -0.2) is 11.6 Å². The second kappa shape index (κ2) is 7.29. The average Bonchev–Trinajstić information content (AvgIpc) is 2.32. The SMILES string of the molecule is Clc1ccc(C2CCCCC2)cc1.O=CO. The molecule has 1 saturated carbocycles. The van der Waals surface area contributed by atoms with E-state index >= 15 is 0 Å². The van der Waals surface area contributed by atoms with Crippen LogP contribution in [0, 0.1) is 0 Å². The fraction of sp³-hybridized carbons (Fsp3) is 0.462. The first-order valence-corrected chi connectivity index (χ1v) is 5.99. The first-order valence-electron chi connectivity index (χ1n) is 5.61. The summed E-state index contributed by atoms with van der Waals surface area (Å²) in [5.41, 5.74) is 1.48.